The predicted octanol–water partition coefficient (Wildman–Crippen LogP) is 2.20. The van der Waals surface area contributed by atoms with Crippen LogP contribution < -0.4 is 10.2 Å². The van der Waals surface area contributed by atoms with Gasteiger partial charge in [-0.2, -0.15) is 0 Å². The molecule has 1 aromatic carbocycles. The normalized spacial score (nSPS) is 19.9. The van der Waals surface area contributed by atoms with Crippen LogP contribution in [0.1, 0.15) is 19.3 Å². The van der Waals surface area contributed by atoms with Gasteiger partial charge in [-0.25, -0.2) is 0 Å². The van der Waals surface area contributed by atoms with Gasteiger partial charge in [0.05, 0.1) is 0 Å². The van der Waals surface area contributed by atoms with Crippen molar-refractivity contribution in [1.82, 2.24) is 10.2 Å². The fraction of sp³-hybridized carbons (Fsp3) is 0.625. The Morgan fingerprint density at radius 1 is 1.21 bits per heavy atom. The number of nitrogens with one attached hydrogen (secondary N) is 1. The molecular weight excluding hydrogens is 234 g/mol. The third-order valence-electron chi connectivity index (χ3n) is 3.83. The highest BCUT2D eigenvalue weighted by Gasteiger charge is 2.21. The van der Waals surface area contributed by atoms with Gasteiger partial charge in [-0.1, -0.05) is 24.6 Å². The number of unbranched alkanes of at least 4 members (excludes halogenated alkanes) is 1. The lowest BCUT2D eigenvalue weighted by molar-refractivity contribution is 0.376. The second-order valence-corrected chi connectivity index (χ2v) is 5.69. The van der Waals surface area contributed by atoms with Gasteiger partial charge in [-0.15, -0.1) is 0 Å². The summed E-state index contributed by atoms with van der Waals surface area (Å²) in [5.41, 5.74) is 1.38. The highest BCUT2D eigenvalue weighted by molar-refractivity contribution is 5.47. The summed E-state index contributed by atoms with van der Waals surface area (Å²) in [6.45, 7) is 4.55. The molecule has 1 heterocycles. The average Bonchev–Trinajstić information content (AvgIpc) is 2.45. The van der Waals surface area contributed by atoms with Crippen molar-refractivity contribution in [1.29, 1.82) is 0 Å². The number of benzene rings is 1. The maximum atomic E-state index is 3.53. The van der Waals surface area contributed by atoms with Gasteiger partial charge in [-0.3, -0.25) is 0 Å². The number of rotatable bonds is 6. The largest absolute Gasteiger partial charge is 0.366 e. The number of para-hydroxylation sites is 1. The minimum atomic E-state index is 0.651. The summed E-state index contributed by atoms with van der Waals surface area (Å²) >= 11 is 0. The second-order valence-electron chi connectivity index (χ2n) is 5.69. The molecule has 19 heavy (non-hydrogen) atoms. The van der Waals surface area contributed by atoms with Crippen LogP contribution in [0.4, 0.5) is 5.69 Å². The van der Waals surface area contributed by atoms with E-state index in [1.54, 1.807) is 0 Å². The summed E-state index contributed by atoms with van der Waals surface area (Å²) in [5.74, 6) is 0. The van der Waals surface area contributed by atoms with E-state index in [1.807, 2.05) is 0 Å². The number of nitrogens with zero attached hydrogens (tertiary/aromatic N) is 2. The molecule has 0 bridgehead atoms. The predicted molar refractivity (Wildman–Crippen MR) is 82.9 cm³/mol. The SMILES string of the molecule is CN(C)CCCCC1CNCCN1c1ccccc1. The third-order valence-corrected chi connectivity index (χ3v) is 3.83. The molecule has 0 aliphatic carbocycles. The van der Waals surface area contributed by atoms with Crippen LogP contribution in [-0.2, 0) is 0 Å². The quantitative estimate of drug-likeness (QED) is 0.792. The summed E-state index contributed by atoms with van der Waals surface area (Å²) < 4.78 is 0. The first-order chi connectivity index (χ1) is 9.27. The van der Waals surface area contributed by atoms with Crippen LogP contribution in [0, 0.1) is 0 Å². The number of piperazine rings is 1. The van der Waals surface area contributed by atoms with Crippen molar-refractivity contribution >= 4 is 5.69 Å². The van der Waals surface area contributed by atoms with Crippen LogP contribution in [-0.4, -0.2) is 51.2 Å². The minimum absolute atomic E-state index is 0.651. The highest BCUT2D eigenvalue weighted by Crippen LogP contribution is 2.20. The van der Waals surface area contributed by atoms with Crippen LogP contribution in [0.2, 0.25) is 0 Å². The molecule has 0 radical (unpaired) electrons. The van der Waals surface area contributed by atoms with E-state index in [0.717, 1.165) is 19.6 Å². The van der Waals surface area contributed by atoms with Crippen molar-refractivity contribution in [3.8, 4) is 0 Å². The summed E-state index contributed by atoms with van der Waals surface area (Å²) in [4.78, 5) is 4.85. The maximum Gasteiger partial charge on any atom is 0.0415 e. The first kappa shape index (κ1) is 14.4. The Morgan fingerprint density at radius 3 is 2.74 bits per heavy atom. The Morgan fingerprint density at radius 2 is 2.00 bits per heavy atom. The van der Waals surface area contributed by atoms with Crippen molar-refractivity contribution in [2.75, 3.05) is 45.2 Å². The molecule has 3 nitrogen and oxygen atoms in total. The molecular formula is C16H27N3. The summed E-state index contributed by atoms with van der Waals surface area (Å²) in [5, 5.41) is 3.53. The van der Waals surface area contributed by atoms with Gasteiger partial charge < -0.3 is 15.1 Å². The van der Waals surface area contributed by atoms with Crippen molar-refractivity contribution in [3.05, 3.63) is 30.3 Å². The molecule has 3 heteroatoms. The molecule has 106 valence electrons. The lowest BCUT2D eigenvalue weighted by Gasteiger charge is -2.38. The first-order valence-electron chi connectivity index (χ1n) is 7.44. The number of anilines is 1. The van der Waals surface area contributed by atoms with Gasteiger partial charge in [0, 0.05) is 31.4 Å². The van der Waals surface area contributed by atoms with Crippen LogP contribution in [0.25, 0.3) is 0 Å². The van der Waals surface area contributed by atoms with E-state index in [1.165, 1.54) is 31.5 Å². The second kappa shape index (κ2) is 7.51. The first-order valence-corrected chi connectivity index (χ1v) is 7.44. The van der Waals surface area contributed by atoms with Gasteiger partial charge in [0.1, 0.15) is 0 Å². The van der Waals surface area contributed by atoms with Crippen molar-refractivity contribution in [2.45, 2.75) is 25.3 Å². The number of hydrogen-bond acceptors (Lipinski definition) is 3. The fourth-order valence-corrected chi connectivity index (χ4v) is 2.79. The summed E-state index contributed by atoms with van der Waals surface area (Å²) in [7, 11) is 4.30. The van der Waals surface area contributed by atoms with Crippen LogP contribution >= 0.6 is 0 Å². The van der Waals surface area contributed by atoms with E-state index < -0.39 is 0 Å². The van der Waals surface area contributed by atoms with Gasteiger partial charge in [0.15, 0.2) is 0 Å². The smallest absolute Gasteiger partial charge is 0.0415 e. The number of hydrogen-bond donors (Lipinski definition) is 1. The molecule has 1 aromatic rings. The Bertz CT molecular complexity index is 350. The summed E-state index contributed by atoms with van der Waals surface area (Å²) in [6, 6.07) is 11.5. The van der Waals surface area contributed by atoms with Crippen LogP contribution in [0.15, 0.2) is 30.3 Å². The van der Waals surface area contributed by atoms with E-state index in [2.05, 4.69) is 59.5 Å². The lowest BCUT2D eigenvalue weighted by Crippen LogP contribution is -2.51. The zero-order chi connectivity index (χ0) is 13.5. The van der Waals surface area contributed by atoms with Gasteiger partial charge >= 0.3 is 0 Å². The molecule has 0 saturated carbocycles. The van der Waals surface area contributed by atoms with E-state index >= 15 is 0 Å². The molecule has 2 rings (SSSR count). The van der Waals surface area contributed by atoms with Gasteiger partial charge in [0.25, 0.3) is 0 Å². The monoisotopic (exact) mass is 261 g/mol. The molecule has 1 aliphatic rings. The van der Waals surface area contributed by atoms with E-state index in [0.29, 0.717) is 6.04 Å². The zero-order valence-electron chi connectivity index (χ0n) is 12.3. The van der Waals surface area contributed by atoms with E-state index in [4.69, 9.17) is 0 Å². The standard InChI is InChI=1S/C16H27N3/c1-18(2)12-7-6-10-16-14-17-11-13-19(16)15-8-4-3-5-9-15/h3-5,8-9,16-17H,6-7,10-14H2,1-2H3. The molecule has 1 saturated heterocycles. The van der Waals surface area contributed by atoms with Crippen molar-refractivity contribution in [3.63, 3.8) is 0 Å². The Hall–Kier alpha value is -1.06. The summed E-state index contributed by atoms with van der Waals surface area (Å²) in [6.07, 6.45) is 3.90. The minimum Gasteiger partial charge on any atom is -0.366 e. The molecule has 1 N–H and O–H groups in total. The van der Waals surface area contributed by atoms with E-state index in [9.17, 15) is 0 Å². The zero-order valence-corrected chi connectivity index (χ0v) is 12.3. The lowest BCUT2D eigenvalue weighted by atomic mass is 10.0. The van der Waals surface area contributed by atoms with E-state index in [-0.39, 0.29) is 0 Å². The molecule has 0 spiro atoms. The Kier molecular flexibility index (Phi) is 5.67. The fourth-order valence-electron chi connectivity index (χ4n) is 2.79. The highest BCUT2D eigenvalue weighted by atomic mass is 15.2. The topological polar surface area (TPSA) is 18.5 Å². The van der Waals surface area contributed by atoms with Crippen LogP contribution in [0.3, 0.4) is 0 Å². The molecule has 0 amide bonds. The Labute approximate surface area is 117 Å². The molecule has 1 atom stereocenters. The van der Waals surface area contributed by atoms with Gasteiger partial charge in [-0.05, 0) is 45.6 Å². The molecule has 1 fully saturated rings. The molecule has 1 aliphatic heterocycles. The molecule has 0 aromatic heterocycles. The van der Waals surface area contributed by atoms with Gasteiger partial charge in [0.2, 0.25) is 0 Å². The molecule has 1 unspecified atom stereocenters. The average molecular weight is 261 g/mol. The maximum absolute atomic E-state index is 3.53. The Balaban J connectivity index is 1.86. The van der Waals surface area contributed by atoms with Crippen molar-refractivity contribution < 1.29 is 0 Å². The van der Waals surface area contributed by atoms with Crippen molar-refractivity contribution in [2.24, 2.45) is 0 Å². The van der Waals surface area contributed by atoms with Crippen LogP contribution in [0.5, 0.6) is 0 Å². The third kappa shape index (κ3) is 4.51.